The molecule has 0 atom stereocenters. The SMILES string of the molecule is CCN(CC)CCS(=O)(=O)c1ccc(N/C(=C2\C(=O)Nc3cc(Cl)ccc32)c2ccc(CC(=O)O)cc2)cc1. The summed E-state index contributed by atoms with van der Waals surface area (Å²) in [6, 6.07) is 18.5. The van der Waals surface area contributed by atoms with Gasteiger partial charge in [-0.1, -0.05) is 55.8 Å². The fourth-order valence-electron chi connectivity index (χ4n) is 4.43. The number of hydrogen-bond donors (Lipinski definition) is 3. The van der Waals surface area contributed by atoms with Crippen molar-refractivity contribution in [2.24, 2.45) is 0 Å². The lowest BCUT2D eigenvalue weighted by Crippen LogP contribution is -2.29. The van der Waals surface area contributed by atoms with Gasteiger partial charge in [0.15, 0.2) is 9.84 Å². The van der Waals surface area contributed by atoms with Gasteiger partial charge in [-0.3, -0.25) is 9.59 Å². The van der Waals surface area contributed by atoms with Crippen molar-refractivity contribution in [1.82, 2.24) is 4.90 Å². The second kappa shape index (κ2) is 12.0. The molecule has 39 heavy (non-hydrogen) atoms. The Morgan fingerprint density at radius 1 is 1.00 bits per heavy atom. The van der Waals surface area contributed by atoms with Crippen LogP contribution in [0.3, 0.4) is 0 Å². The van der Waals surface area contributed by atoms with Crippen molar-refractivity contribution in [2.45, 2.75) is 25.2 Å². The third-order valence-corrected chi connectivity index (χ3v) is 8.57. The van der Waals surface area contributed by atoms with Gasteiger partial charge >= 0.3 is 5.97 Å². The van der Waals surface area contributed by atoms with Crippen LogP contribution in [-0.4, -0.2) is 55.7 Å². The molecule has 0 saturated heterocycles. The molecule has 0 bridgehead atoms. The molecule has 0 saturated carbocycles. The zero-order valence-corrected chi connectivity index (χ0v) is 23.3. The molecule has 0 spiro atoms. The van der Waals surface area contributed by atoms with Crippen LogP contribution in [0.4, 0.5) is 11.4 Å². The lowest BCUT2D eigenvalue weighted by Gasteiger charge is -2.18. The summed E-state index contributed by atoms with van der Waals surface area (Å²) in [5, 5.41) is 15.7. The number of carboxylic acids is 1. The summed E-state index contributed by atoms with van der Waals surface area (Å²) in [4.78, 5) is 26.5. The highest BCUT2D eigenvalue weighted by atomic mass is 35.5. The third-order valence-electron chi connectivity index (χ3n) is 6.63. The fraction of sp³-hybridized carbons (Fsp3) is 0.241. The Morgan fingerprint density at radius 2 is 1.67 bits per heavy atom. The summed E-state index contributed by atoms with van der Waals surface area (Å²) >= 11 is 6.13. The van der Waals surface area contributed by atoms with E-state index >= 15 is 0 Å². The van der Waals surface area contributed by atoms with Crippen LogP contribution in [0.5, 0.6) is 0 Å². The molecule has 8 nitrogen and oxygen atoms in total. The summed E-state index contributed by atoms with van der Waals surface area (Å²) in [5.41, 5.74) is 4.00. The number of aliphatic carboxylic acids is 1. The van der Waals surface area contributed by atoms with Crippen LogP contribution in [0, 0.1) is 0 Å². The lowest BCUT2D eigenvalue weighted by molar-refractivity contribution is -0.136. The second-order valence-corrected chi connectivity index (χ2v) is 11.7. The van der Waals surface area contributed by atoms with Crippen molar-refractivity contribution < 1.29 is 23.1 Å². The van der Waals surface area contributed by atoms with E-state index < -0.39 is 15.8 Å². The number of carboxylic acid groups (broad SMARTS) is 1. The average Bonchev–Trinajstić information content (AvgIpc) is 3.22. The first-order valence-corrected chi connectivity index (χ1v) is 14.6. The molecule has 3 aromatic rings. The van der Waals surface area contributed by atoms with E-state index in [1.54, 1.807) is 66.7 Å². The van der Waals surface area contributed by atoms with E-state index in [1.807, 2.05) is 13.8 Å². The van der Waals surface area contributed by atoms with E-state index in [0.29, 0.717) is 50.9 Å². The number of nitrogens with one attached hydrogen (secondary N) is 2. The molecule has 4 rings (SSSR count). The molecule has 3 N–H and O–H groups in total. The summed E-state index contributed by atoms with van der Waals surface area (Å²) in [5.74, 6) is -1.23. The highest BCUT2D eigenvalue weighted by Gasteiger charge is 2.29. The maximum absolute atomic E-state index is 13.1. The van der Waals surface area contributed by atoms with Crippen LogP contribution in [0.1, 0.15) is 30.5 Å². The number of anilines is 2. The van der Waals surface area contributed by atoms with Gasteiger partial charge in [-0.15, -0.1) is 0 Å². The molecule has 1 heterocycles. The predicted molar refractivity (Wildman–Crippen MR) is 155 cm³/mol. The van der Waals surface area contributed by atoms with Crippen LogP contribution < -0.4 is 10.6 Å². The van der Waals surface area contributed by atoms with Crippen LogP contribution in [-0.2, 0) is 25.8 Å². The van der Waals surface area contributed by atoms with Gasteiger partial charge < -0.3 is 20.6 Å². The molecule has 1 aliphatic heterocycles. The largest absolute Gasteiger partial charge is 0.481 e. The molecule has 0 aromatic heterocycles. The number of sulfone groups is 1. The number of hydrogen-bond acceptors (Lipinski definition) is 6. The first-order chi connectivity index (χ1) is 18.6. The topological polar surface area (TPSA) is 116 Å². The number of carbonyl (C=O) groups excluding carboxylic acids is 1. The first-order valence-electron chi connectivity index (χ1n) is 12.6. The van der Waals surface area contributed by atoms with E-state index in [2.05, 4.69) is 15.5 Å². The van der Waals surface area contributed by atoms with Crippen LogP contribution in [0.15, 0.2) is 71.6 Å². The number of rotatable bonds is 11. The second-order valence-electron chi connectivity index (χ2n) is 9.16. The van der Waals surface area contributed by atoms with Gasteiger partial charge in [0.05, 0.1) is 34.0 Å². The number of nitrogens with zero attached hydrogens (tertiary/aromatic N) is 1. The third kappa shape index (κ3) is 6.68. The Hall–Kier alpha value is -3.66. The Labute approximate surface area is 233 Å². The van der Waals surface area contributed by atoms with Crippen LogP contribution >= 0.6 is 11.6 Å². The van der Waals surface area contributed by atoms with Gasteiger partial charge in [-0.2, -0.15) is 0 Å². The normalized spacial score (nSPS) is 14.2. The molecular formula is C29H30ClN3O5S. The van der Waals surface area contributed by atoms with Gasteiger partial charge in [0.2, 0.25) is 0 Å². The van der Waals surface area contributed by atoms with Crippen LogP contribution in [0.25, 0.3) is 11.3 Å². The van der Waals surface area contributed by atoms with Gasteiger partial charge in [0.1, 0.15) is 0 Å². The summed E-state index contributed by atoms with van der Waals surface area (Å²) in [6.07, 6.45) is -0.119. The Kier molecular flexibility index (Phi) is 8.74. The predicted octanol–water partition coefficient (Wildman–Crippen LogP) is 5.02. The average molecular weight is 568 g/mol. The standard InChI is InChI=1S/C29H30ClN3O5S/c1-3-33(4-2)15-16-39(37,38)23-12-10-22(11-13-23)31-28(20-7-5-19(6-8-20)17-26(34)35)27-24-14-9-21(30)18-25(24)32-29(27)36/h5-14,18,31H,3-4,15-17H2,1-2H3,(H,32,36)(H,34,35)/b28-27-. The summed E-state index contributed by atoms with van der Waals surface area (Å²) < 4.78 is 25.8. The molecule has 0 fully saturated rings. The number of amides is 1. The molecule has 0 aliphatic carbocycles. The Balaban J connectivity index is 1.69. The van der Waals surface area contributed by atoms with Gasteiger partial charge in [0.25, 0.3) is 5.91 Å². The zero-order valence-electron chi connectivity index (χ0n) is 21.7. The minimum atomic E-state index is -3.46. The molecule has 204 valence electrons. The molecule has 1 amide bonds. The summed E-state index contributed by atoms with van der Waals surface area (Å²) in [6.45, 7) is 6.03. The Morgan fingerprint density at radius 3 is 2.28 bits per heavy atom. The quantitative estimate of drug-likeness (QED) is 0.279. The number of fused-ring (bicyclic) bond motifs is 1. The molecule has 0 radical (unpaired) electrons. The van der Waals surface area contributed by atoms with E-state index in [1.165, 1.54) is 0 Å². The van der Waals surface area contributed by atoms with Crippen molar-refractivity contribution in [3.8, 4) is 0 Å². The Bertz CT molecular complexity index is 1510. The lowest BCUT2D eigenvalue weighted by atomic mass is 9.99. The maximum atomic E-state index is 13.1. The van der Waals surface area contributed by atoms with Gasteiger partial charge in [0, 0.05) is 22.8 Å². The van der Waals surface area contributed by atoms with E-state index in [9.17, 15) is 18.0 Å². The highest BCUT2D eigenvalue weighted by Crippen LogP contribution is 2.39. The molecule has 1 aliphatic rings. The first kappa shape index (κ1) is 28.4. The smallest absolute Gasteiger partial charge is 0.307 e. The molecule has 10 heteroatoms. The number of halogens is 1. The van der Waals surface area contributed by atoms with E-state index in [-0.39, 0.29) is 23.0 Å². The zero-order chi connectivity index (χ0) is 28.2. The monoisotopic (exact) mass is 567 g/mol. The van der Waals surface area contributed by atoms with Gasteiger partial charge in [-0.05, 0) is 60.6 Å². The number of benzene rings is 3. The molecular weight excluding hydrogens is 538 g/mol. The van der Waals surface area contributed by atoms with Crippen molar-refractivity contribution >= 4 is 56.0 Å². The van der Waals surface area contributed by atoms with Crippen molar-refractivity contribution in [2.75, 3.05) is 36.0 Å². The van der Waals surface area contributed by atoms with E-state index in [4.69, 9.17) is 16.7 Å². The van der Waals surface area contributed by atoms with Crippen LogP contribution in [0.2, 0.25) is 5.02 Å². The minimum absolute atomic E-state index is 0.0267. The number of carbonyl (C=O) groups is 2. The fourth-order valence-corrected chi connectivity index (χ4v) is 5.89. The van der Waals surface area contributed by atoms with Crippen molar-refractivity contribution in [3.05, 3.63) is 88.4 Å². The summed E-state index contributed by atoms with van der Waals surface area (Å²) in [7, 11) is -3.46. The van der Waals surface area contributed by atoms with Crippen molar-refractivity contribution in [3.63, 3.8) is 0 Å². The highest BCUT2D eigenvalue weighted by molar-refractivity contribution is 7.91. The maximum Gasteiger partial charge on any atom is 0.307 e. The van der Waals surface area contributed by atoms with Gasteiger partial charge in [-0.25, -0.2) is 8.42 Å². The molecule has 3 aromatic carbocycles. The minimum Gasteiger partial charge on any atom is -0.481 e. The van der Waals surface area contributed by atoms with Crippen molar-refractivity contribution in [1.29, 1.82) is 0 Å². The molecule has 0 unspecified atom stereocenters. The van der Waals surface area contributed by atoms with E-state index in [0.717, 1.165) is 13.1 Å².